The van der Waals surface area contributed by atoms with Crippen molar-refractivity contribution in [2.24, 2.45) is 0 Å². The van der Waals surface area contributed by atoms with Gasteiger partial charge in [-0.3, -0.25) is 0 Å². The van der Waals surface area contributed by atoms with Gasteiger partial charge in [0.2, 0.25) is 0 Å². The van der Waals surface area contributed by atoms with Crippen LogP contribution in [0.3, 0.4) is 0 Å². The SMILES string of the molecule is C[Si](C)(C)/C(I)=C/[C@H](O)[C@@H](O)/C=C(\I)[Si](C)(C)C. The molecule has 0 saturated heterocycles. The molecule has 0 saturated carbocycles. The summed E-state index contributed by atoms with van der Waals surface area (Å²) in [6, 6.07) is 0. The largest absolute Gasteiger partial charge is 0.386 e. The van der Waals surface area contributed by atoms with E-state index in [0.717, 1.165) is 0 Å². The minimum absolute atomic E-state index is 0.801. The van der Waals surface area contributed by atoms with E-state index in [4.69, 9.17) is 0 Å². The van der Waals surface area contributed by atoms with Crippen molar-refractivity contribution >= 4 is 61.3 Å². The molecule has 0 spiro atoms. The minimum Gasteiger partial charge on any atom is -0.386 e. The highest BCUT2D eigenvalue weighted by atomic mass is 127. The Morgan fingerprint density at radius 3 is 1.17 bits per heavy atom. The maximum atomic E-state index is 10.0. The van der Waals surface area contributed by atoms with Crippen LogP contribution in [-0.2, 0) is 0 Å². The quantitative estimate of drug-likeness (QED) is 0.432. The molecule has 0 aromatic carbocycles. The Labute approximate surface area is 140 Å². The Morgan fingerprint density at radius 2 is 1.00 bits per heavy atom. The molecule has 2 N–H and O–H groups in total. The van der Waals surface area contributed by atoms with Crippen LogP contribution in [0.5, 0.6) is 0 Å². The van der Waals surface area contributed by atoms with Crippen molar-refractivity contribution in [1.82, 2.24) is 0 Å². The Morgan fingerprint density at radius 1 is 0.778 bits per heavy atom. The summed E-state index contributed by atoms with van der Waals surface area (Å²) >= 11 is 4.57. The monoisotopic (exact) mass is 510 g/mol. The average Bonchev–Trinajstić information content (AvgIpc) is 2.14. The summed E-state index contributed by atoms with van der Waals surface area (Å²) in [6.07, 6.45) is 2.01. The molecule has 2 nitrogen and oxygen atoms in total. The number of hydrogen-bond donors (Lipinski definition) is 2. The summed E-state index contributed by atoms with van der Waals surface area (Å²) in [7, 11) is -2.77. The van der Waals surface area contributed by atoms with Crippen molar-refractivity contribution in [1.29, 1.82) is 0 Å². The first-order chi connectivity index (χ1) is 7.85. The predicted molar refractivity (Wildman–Crippen MR) is 103 cm³/mol. The standard InChI is InChI=1S/C12H24I2O2Si2/c1-17(2,3)11(13)7-9(15)10(16)8-12(14)18(4,5)6/h7-10,15-16H,1-6H3/b11-7+,12-8+/t9-,10-/m0/s1. The summed E-state index contributed by atoms with van der Waals surface area (Å²) in [4.78, 5) is 0. The highest BCUT2D eigenvalue weighted by molar-refractivity contribution is 14.1. The summed E-state index contributed by atoms with van der Waals surface area (Å²) in [6.45, 7) is 13.4. The van der Waals surface area contributed by atoms with Crippen LogP contribution in [0.1, 0.15) is 0 Å². The third kappa shape index (κ3) is 7.18. The van der Waals surface area contributed by atoms with E-state index in [1.165, 1.54) is 6.41 Å². The molecule has 0 aliphatic carbocycles. The van der Waals surface area contributed by atoms with Crippen molar-refractivity contribution in [2.45, 2.75) is 51.5 Å². The Hall–Kier alpha value is 1.29. The van der Waals surface area contributed by atoms with Crippen LogP contribution in [0.4, 0.5) is 0 Å². The Kier molecular flexibility index (Phi) is 7.87. The van der Waals surface area contributed by atoms with Gasteiger partial charge in [0.15, 0.2) is 0 Å². The first-order valence-electron chi connectivity index (χ1n) is 5.97. The van der Waals surface area contributed by atoms with Gasteiger partial charge in [-0.2, -0.15) is 0 Å². The molecule has 0 aliphatic rings. The smallest absolute Gasteiger partial charge is 0.102 e. The number of rotatable bonds is 5. The summed E-state index contributed by atoms with van der Waals surface area (Å²) in [5, 5.41) is 20.0. The first-order valence-corrected chi connectivity index (χ1v) is 15.1. The molecule has 0 fully saturated rings. The number of aliphatic hydroxyl groups is 2. The molecule has 0 aromatic heterocycles. The van der Waals surface area contributed by atoms with Gasteiger partial charge in [0, 0.05) is 0 Å². The minimum atomic E-state index is -1.38. The molecule has 18 heavy (non-hydrogen) atoms. The van der Waals surface area contributed by atoms with E-state index in [1.54, 1.807) is 0 Å². The molecule has 2 atom stereocenters. The highest BCUT2D eigenvalue weighted by Gasteiger charge is 2.23. The van der Waals surface area contributed by atoms with E-state index >= 15 is 0 Å². The Balaban J connectivity index is 4.89. The zero-order chi connectivity index (χ0) is 14.7. The normalized spacial score (nSPS) is 18.8. The average molecular weight is 510 g/mol. The molecular formula is C12H24I2O2Si2. The molecule has 0 bridgehead atoms. The van der Waals surface area contributed by atoms with Crippen LogP contribution >= 0.6 is 45.2 Å². The second kappa shape index (κ2) is 7.34. The third-order valence-corrected chi connectivity index (χ3v) is 16.0. The molecule has 0 aromatic rings. The lowest BCUT2D eigenvalue weighted by atomic mass is 10.2. The molecule has 0 aliphatic heterocycles. The van der Waals surface area contributed by atoms with Gasteiger partial charge in [0.05, 0.1) is 16.1 Å². The van der Waals surface area contributed by atoms with Crippen LogP contribution in [0.15, 0.2) is 18.6 Å². The van der Waals surface area contributed by atoms with Crippen LogP contribution in [0, 0.1) is 0 Å². The maximum Gasteiger partial charge on any atom is 0.102 e. The van der Waals surface area contributed by atoms with Gasteiger partial charge < -0.3 is 10.2 Å². The lowest BCUT2D eigenvalue weighted by Gasteiger charge is -2.21. The summed E-state index contributed by atoms with van der Waals surface area (Å²) in [5.41, 5.74) is 0. The van der Waals surface area contributed by atoms with Crippen LogP contribution < -0.4 is 0 Å². The van der Waals surface area contributed by atoms with Gasteiger partial charge in [0.1, 0.15) is 12.2 Å². The van der Waals surface area contributed by atoms with Crippen molar-refractivity contribution in [2.75, 3.05) is 0 Å². The van der Waals surface area contributed by atoms with E-state index in [1.807, 2.05) is 12.2 Å². The van der Waals surface area contributed by atoms with Crippen LogP contribution in [-0.4, -0.2) is 38.6 Å². The topological polar surface area (TPSA) is 40.5 Å². The number of hydrogen-bond acceptors (Lipinski definition) is 2. The summed E-state index contributed by atoms with van der Waals surface area (Å²) < 4.78 is 2.39. The van der Waals surface area contributed by atoms with Crippen molar-refractivity contribution in [3.8, 4) is 0 Å². The Bertz CT molecular complexity index is 307. The van der Waals surface area contributed by atoms with E-state index in [2.05, 4.69) is 84.5 Å². The van der Waals surface area contributed by atoms with Gasteiger partial charge in [-0.15, -0.1) is 0 Å². The van der Waals surface area contributed by atoms with Gasteiger partial charge >= 0.3 is 0 Å². The second-order valence-corrected chi connectivity index (χ2v) is 20.9. The number of aliphatic hydroxyl groups excluding tert-OH is 2. The van der Waals surface area contributed by atoms with Gasteiger partial charge in [0.25, 0.3) is 0 Å². The number of halogens is 2. The van der Waals surface area contributed by atoms with E-state index in [9.17, 15) is 10.2 Å². The molecule has 0 amide bonds. The molecule has 0 unspecified atom stereocenters. The van der Waals surface area contributed by atoms with Gasteiger partial charge in [-0.25, -0.2) is 0 Å². The molecule has 106 valence electrons. The van der Waals surface area contributed by atoms with Crippen LogP contribution in [0.25, 0.3) is 0 Å². The van der Waals surface area contributed by atoms with Gasteiger partial charge in [-0.05, 0) is 18.6 Å². The first kappa shape index (κ1) is 19.3. The zero-order valence-corrected chi connectivity index (χ0v) is 18.3. The van der Waals surface area contributed by atoms with Crippen molar-refractivity contribution in [3.05, 3.63) is 18.6 Å². The van der Waals surface area contributed by atoms with Crippen molar-refractivity contribution in [3.63, 3.8) is 0 Å². The lowest BCUT2D eigenvalue weighted by Crippen LogP contribution is -2.28. The fourth-order valence-corrected chi connectivity index (χ4v) is 3.08. The molecule has 0 radical (unpaired) electrons. The molecule has 0 heterocycles. The summed E-state index contributed by atoms with van der Waals surface area (Å²) in [5.74, 6) is 0. The molecule has 6 heteroatoms. The van der Waals surface area contributed by atoms with E-state index in [-0.39, 0.29) is 0 Å². The van der Waals surface area contributed by atoms with E-state index in [0.29, 0.717) is 0 Å². The zero-order valence-electron chi connectivity index (χ0n) is 12.0. The van der Waals surface area contributed by atoms with E-state index < -0.39 is 28.4 Å². The van der Waals surface area contributed by atoms with Crippen LogP contribution in [0.2, 0.25) is 39.3 Å². The fourth-order valence-electron chi connectivity index (χ4n) is 0.997. The van der Waals surface area contributed by atoms with Crippen molar-refractivity contribution < 1.29 is 10.2 Å². The molecule has 0 rings (SSSR count). The third-order valence-electron chi connectivity index (χ3n) is 2.42. The predicted octanol–water partition coefficient (Wildman–Crippen LogP) is 4.10. The second-order valence-electron chi connectivity index (χ2n) is 6.51. The molecular weight excluding hydrogens is 486 g/mol. The lowest BCUT2D eigenvalue weighted by molar-refractivity contribution is 0.0809. The van der Waals surface area contributed by atoms with Gasteiger partial charge in [-0.1, -0.05) is 84.5 Å². The highest BCUT2D eigenvalue weighted by Crippen LogP contribution is 2.25. The fraction of sp³-hybridized carbons (Fsp3) is 0.667. The maximum absolute atomic E-state index is 10.0.